The van der Waals surface area contributed by atoms with E-state index in [4.69, 9.17) is 9.47 Å². The standard InChI is InChI=1S/C15H16BrN3O4/c1-9(20)17-14-12(16)13(15(21)23-3)18-19(14)8-10-4-6-11(22-2)7-5-10/h4-7H,8H2,1-3H3,(H,17,20). The van der Waals surface area contributed by atoms with Crippen LogP contribution >= 0.6 is 15.9 Å². The van der Waals surface area contributed by atoms with Crippen molar-refractivity contribution in [2.24, 2.45) is 0 Å². The van der Waals surface area contributed by atoms with E-state index in [1.54, 1.807) is 7.11 Å². The van der Waals surface area contributed by atoms with Crippen LogP contribution in [0.2, 0.25) is 0 Å². The number of hydrogen-bond acceptors (Lipinski definition) is 5. The summed E-state index contributed by atoms with van der Waals surface area (Å²) in [5.41, 5.74) is 1.04. The summed E-state index contributed by atoms with van der Waals surface area (Å²) in [6.07, 6.45) is 0. The van der Waals surface area contributed by atoms with Crippen molar-refractivity contribution in [1.29, 1.82) is 0 Å². The molecule has 2 aromatic rings. The second-order valence-corrected chi connectivity index (χ2v) is 5.48. The fourth-order valence-corrected chi connectivity index (χ4v) is 2.52. The number of nitrogens with zero attached hydrogens (tertiary/aromatic N) is 2. The van der Waals surface area contributed by atoms with Crippen LogP contribution in [0.4, 0.5) is 5.82 Å². The van der Waals surface area contributed by atoms with Gasteiger partial charge < -0.3 is 14.8 Å². The van der Waals surface area contributed by atoms with Gasteiger partial charge in [0.1, 0.15) is 11.6 Å². The van der Waals surface area contributed by atoms with Gasteiger partial charge in [0.25, 0.3) is 0 Å². The third-order valence-electron chi connectivity index (χ3n) is 3.06. The predicted octanol–water partition coefficient (Wildman–Crippen LogP) is 2.45. The Balaban J connectivity index is 2.38. The second-order valence-electron chi connectivity index (χ2n) is 4.69. The lowest BCUT2D eigenvalue weighted by Gasteiger charge is -2.08. The van der Waals surface area contributed by atoms with Gasteiger partial charge in [-0.05, 0) is 33.6 Å². The van der Waals surface area contributed by atoms with Crippen LogP contribution in [-0.4, -0.2) is 35.9 Å². The maximum absolute atomic E-state index is 11.8. The number of rotatable bonds is 5. The van der Waals surface area contributed by atoms with E-state index in [-0.39, 0.29) is 11.6 Å². The van der Waals surface area contributed by atoms with E-state index in [2.05, 4.69) is 26.3 Å². The monoisotopic (exact) mass is 381 g/mol. The van der Waals surface area contributed by atoms with Gasteiger partial charge in [-0.3, -0.25) is 4.79 Å². The molecule has 1 aromatic carbocycles. The van der Waals surface area contributed by atoms with Gasteiger partial charge in [-0.25, -0.2) is 9.48 Å². The molecule has 0 saturated carbocycles. The first-order valence-electron chi connectivity index (χ1n) is 6.71. The van der Waals surface area contributed by atoms with Gasteiger partial charge in [-0.1, -0.05) is 12.1 Å². The van der Waals surface area contributed by atoms with E-state index < -0.39 is 5.97 Å². The molecule has 0 bridgehead atoms. The lowest BCUT2D eigenvalue weighted by molar-refractivity contribution is -0.114. The van der Waals surface area contributed by atoms with E-state index >= 15 is 0 Å². The highest BCUT2D eigenvalue weighted by Gasteiger charge is 2.22. The van der Waals surface area contributed by atoms with Crippen molar-refractivity contribution in [2.75, 3.05) is 19.5 Å². The number of halogens is 1. The minimum atomic E-state index is -0.586. The Morgan fingerprint density at radius 3 is 2.43 bits per heavy atom. The van der Waals surface area contributed by atoms with Gasteiger partial charge in [0, 0.05) is 6.92 Å². The maximum atomic E-state index is 11.8. The second kappa shape index (κ2) is 7.28. The molecule has 0 unspecified atom stereocenters. The molecule has 0 atom stereocenters. The van der Waals surface area contributed by atoms with Crippen LogP contribution in [0.3, 0.4) is 0 Å². The highest BCUT2D eigenvalue weighted by Crippen LogP contribution is 2.28. The van der Waals surface area contributed by atoms with Crippen molar-refractivity contribution in [3.8, 4) is 5.75 Å². The normalized spacial score (nSPS) is 10.3. The molecule has 0 fully saturated rings. The van der Waals surface area contributed by atoms with Crippen LogP contribution in [0.5, 0.6) is 5.75 Å². The molecule has 0 aliphatic heterocycles. The Labute approximate surface area is 141 Å². The largest absolute Gasteiger partial charge is 0.497 e. The summed E-state index contributed by atoms with van der Waals surface area (Å²) in [6.45, 7) is 1.75. The van der Waals surface area contributed by atoms with Crippen LogP contribution in [0.15, 0.2) is 28.7 Å². The number of carbonyl (C=O) groups excluding carboxylic acids is 2. The summed E-state index contributed by atoms with van der Waals surface area (Å²) in [7, 11) is 2.87. The number of benzene rings is 1. The van der Waals surface area contributed by atoms with E-state index in [0.717, 1.165) is 11.3 Å². The minimum Gasteiger partial charge on any atom is -0.497 e. The zero-order valence-electron chi connectivity index (χ0n) is 12.9. The molecule has 0 saturated heterocycles. The third kappa shape index (κ3) is 3.89. The van der Waals surface area contributed by atoms with Crippen molar-refractivity contribution in [3.05, 3.63) is 40.0 Å². The number of amides is 1. The number of esters is 1. The molecular formula is C15H16BrN3O4. The number of ether oxygens (including phenoxy) is 2. The van der Waals surface area contributed by atoms with Crippen LogP contribution in [0.25, 0.3) is 0 Å². The molecule has 0 radical (unpaired) electrons. The first-order chi connectivity index (χ1) is 11.0. The van der Waals surface area contributed by atoms with E-state index in [1.807, 2.05) is 24.3 Å². The molecule has 2 rings (SSSR count). The maximum Gasteiger partial charge on any atom is 0.359 e. The van der Waals surface area contributed by atoms with Crippen molar-refractivity contribution in [2.45, 2.75) is 13.5 Å². The molecule has 0 aliphatic carbocycles. The van der Waals surface area contributed by atoms with Crippen LogP contribution < -0.4 is 10.1 Å². The average Bonchev–Trinajstić information content (AvgIpc) is 2.83. The van der Waals surface area contributed by atoms with Crippen LogP contribution in [-0.2, 0) is 16.1 Å². The Morgan fingerprint density at radius 1 is 1.26 bits per heavy atom. The summed E-state index contributed by atoms with van der Waals surface area (Å²) in [5, 5.41) is 6.89. The molecule has 122 valence electrons. The lowest BCUT2D eigenvalue weighted by atomic mass is 10.2. The van der Waals surface area contributed by atoms with E-state index in [9.17, 15) is 9.59 Å². The number of hydrogen-bond donors (Lipinski definition) is 1. The fraction of sp³-hybridized carbons (Fsp3) is 0.267. The number of carbonyl (C=O) groups is 2. The van der Waals surface area contributed by atoms with Crippen molar-refractivity contribution >= 4 is 33.6 Å². The zero-order valence-corrected chi connectivity index (χ0v) is 14.5. The Hall–Kier alpha value is -2.35. The van der Waals surface area contributed by atoms with E-state index in [1.165, 1.54) is 18.7 Å². The molecule has 23 heavy (non-hydrogen) atoms. The van der Waals surface area contributed by atoms with Crippen LogP contribution in [0, 0.1) is 0 Å². The molecule has 1 amide bonds. The summed E-state index contributed by atoms with van der Waals surface area (Å²) in [4.78, 5) is 23.2. The lowest BCUT2D eigenvalue weighted by Crippen LogP contribution is -2.13. The summed E-state index contributed by atoms with van der Waals surface area (Å²) in [6, 6.07) is 7.41. The van der Waals surface area contributed by atoms with Gasteiger partial charge >= 0.3 is 5.97 Å². The zero-order chi connectivity index (χ0) is 17.0. The van der Waals surface area contributed by atoms with E-state index in [0.29, 0.717) is 16.8 Å². The number of nitrogens with one attached hydrogen (secondary N) is 1. The Bertz CT molecular complexity index is 725. The van der Waals surface area contributed by atoms with Gasteiger partial charge in [0.15, 0.2) is 5.69 Å². The predicted molar refractivity (Wildman–Crippen MR) is 87.7 cm³/mol. The van der Waals surface area contributed by atoms with Gasteiger partial charge in [0.05, 0.1) is 25.2 Å². The molecule has 0 spiro atoms. The molecule has 7 nitrogen and oxygen atoms in total. The smallest absolute Gasteiger partial charge is 0.359 e. The topological polar surface area (TPSA) is 82.4 Å². The number of aromatic nitrogens is 2. The first kappa shape index (κ1) is 17.0. The fourth-order valence-electron chi connectivity index (χ4n) is 1.97. The molecule has 1 heterocycles. The van der Waals surface area contributed by atoms with Crippen molar-refractivity contribution in [3.63, 3.8) is 0 Å². The molecule has 0 aliphatic rings. The van der Waals surface area contributed by atoms with Gasteiger partial charge in [-0.15, -0.1) is 0 Å². The molecule has 1 aromatic heterocycles. The first-order valence-corrected chi connectivity index (χ1v) is 7.50. The highest BCUT2D eigenvalue weighted by molar-refractivity contribution is 9.10. The molecule has 1 N–H and O–H groups in total. The van der Waals surface area contributed by atoms with Crippen molar-refractivity contribution in [1.82, 2.24) is 9.78 Å². The van der Waals surface area contributed by atoms with Crippen LogP contribution in [0.1, 0.15) is 23.0 Å². The van der Waals surface area contributed by atoms with Gasteiger partial charge in [-0.2, -0.15) is 5.10 Å². The minimum absolute atomic E-state index is 0.102. The summed E-state index contributed by atoms with van der Waals surface area (Å²) < 4.78 is 11.7. The summed E-state index contributed by atoms with van der Waals surface area (Å²) >= 11 is 3.29. The molecule has 8 heteroatoms. The Kier molecular flexibility index (Phi) is 5.38. The SMILES string of the molecule is COC(=O)c1nn(Cc2ccc(OC)cc2)c(NC(C)=O)c1Br. The average molecular weight is 382 g/mol. The van der Waals surface area contributed by atoms with Crippen molar-refractivity contribution < 1.29 is 19.1 Å². The molecular weight excluding hydrogens is 366 g/mol. The van der Waals surface area contributed by atoms with Gasteiger partial charge in [0.2, 0.25) is 5.91 Å². The highest BCUT2D eigenvalue weighted by atomic mass is 79.9. The number of methoxy groups -OCH3 is 2. The summed E-state index contributed by atoms with van der Waals surface area (Å²) in [5.74, 6) is 0.288. The quantitative estimate of drug-likeness (QED) is 0.804. The third-order valence-corrected chi connectivity index (χ3v) is 3.81. The number of anilines is 1. The Morgan fingerprint density at radius 2 is 1.91 bits per heavy atom.